The van der Waals surface area contributed by atoms with Crippen molar-refractivity contribution < 1.29 is 19.8 Å². The van der Waals surface area contributed by atoms with E-state index in [-0.39, 0.29) is 5.92 Å². The minimum Gasteiger partial charge on any atom is -0.481 e. The van der Waals surface area contributed by atoms with Crippen LogP contribution in [0.25, 0.3) is 0 Å². The van der Waals surface area contributed by atoms with Crippen molar-refractivity contribution in [2.24, 2.45) is 17.6 Å². The highest BCUT2D eigenvalue weighted by Gasteiger charge is 2.11. The molecule has 0 aromatic heterocycles. The standard InChI is InChI=1S/C6H13NO2.C6H12O2/c1-4(2)3-5(7)6(8)9;1-3-4-5(2)6(7)8/h4-5H,3,7H2,1-2H3,(H,8,9);5H,3-4H2,1-2H3,(H,7,8). The summed E-state index contributed by atoms with van der Waals surface area (Å²) in [5, 5.41) is 16.6. The summed E-state index contributed by atoms with van der Waals surface area (Å²) < 4.78 is 0. The first kappa shape index (κ1) is 18.3. The molecule has 0 saturated heterocycles. The second-order valence-corrected chi connectivity index (χ2v) is 4.60. The number of carboxylic acid groups (broad SMARTS) is 2. The molecule has 0 amide bonds. The molecule has 17 heavy (non-hydrogen) atoms. The number of aliphatic carboxylic acids is 2. The van der Waals surface area contributed by atoms with Gasteiger partial charge in [0.1, 0.15) is 6.04 Å². The van der Waals surface area contributed by atoms with Crippen molar-refractivity contribution in [1.29, 1.82) is 0 Å². The summed E-state index contributed by atoms with van der Waals surface area (Å²) in [5.74, 6) is -1.41. The molecule has 0 aliphatic rings. The Hall–Kier alpha value is -1.10. The number of carbonyl (C=O) groups is 2. The molecule has 0 aromatic carbocycles. The molecular weight excluding hydrogens is 222 g/mol. The summed E-state index contributed by atoms with van der Waals surface area (Å²) in [7, 11) is 0. The monoisotopic (exact) mass is 247 g/mol. The quantitative estimate of drug-likeness (QED) is 0.666. The van der Waals surface area contributed by atoms with Crippen LogP contribution in [-0.4, -0.2) is 28.2 Å². The van der Waals surface area contributed by atoms with Gasteiger partial charge in [-0.2, -0.15) is 0 Å². The van der Waals surface area contributed by atoms with Crippen molar-refractivity contribution in [3.63, 3.8) is 0 Å². The molecule has 0 radical (unpaired) electrons. The van der Waals surface area contributed by atoms with E-state index in [4.69, 9.17) is 15.9 Å². The Labute approximate surface area is 103 Å². The van der Waals surface area contributed by atoms with Crippen LogP contribution in [0.15, 0.2) is 0 Å². The highest BCUT2D eigenvalue weighted by atomic mass is 16.4. The second-order valence-electron chi connectivity index (χ2n) is 4.60. The molecule has 0 aromatic rings. The summed E-state index contributed by atoms with van der Waals surface area (Å²) in [6.45, 7) is 7.61. The SMILES string of the molecule is CC(C)CC(N)C(=O)O.CCCC(C)C(=O)O. The van der Waals surface area contributed by atoms with Gasteiger partial charge in [0.25, 0.3) is 0 Å². The van der Waals surface area contributed by atoms with Gasteiger partial charge in [-0.3, -0.25) is 9.59 Å². The molecule has 5 heteroatoms. The highest BCUT2D eigenvalue weighted by Crippen LogP contribution is 2.03. The second kappa shape index (κ2) is 10.1. The smallest absolute Gasteiger partial charge is 0.320 e. The van der Waals surface area contributed by atoms with Crippen molar-refractivity contribution in [1.82, 2.24) is 0 Å². The summed E-state index contributed by atoms with van der Waals surface area (Å²) in [6.07, 6.45) is 2.29. The minimum absolute atomic E-state index is 0.167. The topological polar surface area (TPSA) is 101 Å². The molecule has 4 N–H and O–H groups in total. The predicted octanol–water partition coefficient (Wildman–Crippen LogP) is 1.95. The maximum atomic E-state index is 10.1. The lowest BCUT2D eigenvalue weighted by Gasteiger charge is -2.07. The average molecular weight is 247 g/mol. The van der Waals surface area contributed by atoms with Gasteiger partial charge in [-0.05, 0) is 18.8 Å². The van der Waals surface area contributed by atoms with Gasteiger partial charge in [-0.1, -0.05) is 34.1 Å². The van der Waals surface area contributed by atoms with Crippen molar-refractivity contribution >= 4 is 11.9 Å². The van der Waals surface area contributed by atoms with Crippen LogP contribution in [0, 0.1) is 11.8 Å². The molecule has 0 rings (SSSR count). The first-order chi connectivity index (χ1) is 7.72. The molecule has 0 aliphatic heterocycles. The van der Waals surface area contributed by atoms with Crippen molar-refractivity contribution in [2.75, 3.05) is 0 Å². The molecule has 2 unspecified atom stereocenters. The summed E-state index contributed by atoms with van der Waals surface area (Å²) >= 11 is 0. The Balaban J connectivity index is 0. The number of carboxylic acids is 2. The third-order valence-electron chi connectivity index (χ3n) is 2.19. The van der Waals surface area contributed by atoms with E-state index in [9.17, 15) is 9.59 Å². The van der Waals surface area contributed by atoms with Gasteiger partial charge in [0.2, 0.25) is 0 Å². The molecule has 0 aliphatic carbocycles. The van der Waals surface area contributed by atoms with E-state index in [0.29, 0.717) is 12.3 Å². The molecule has 2 atom stereocenters. The van der Waals surface area contributed by atoms with Crippen LogP contribution in [0.4, 0.5) is 0 Å². The Morgan fingerprint density at radius 3 is 1.71 bits per heavy atom. The van der Waals surface area contributed by atoms with Gasteiger partial charge in [0.15, 0.2) is 0 Å². The van der Waals surface area contributed by atoms with Gasteiger partial charge >= 0.3 is 11.9 Å². The lowest BCUT2D eigenvalue weighted by Crippen LogP contribution is -2.31. The van der Waals surface area contributed by atoms with Crippen molar-refractivity contribution in [3.8, 4) is 0 Å². The third-order valence-corrected chi connectivity index (χ3v) is 2.19. The van der Waals surface area contributed by atoms with Crippen LogP contribution >= 0.6 is 0 Å². The van der Waals surface area contributed by atoms with Gasteiger partial charge in [-0.15, -0.1) is 0 Å². The van der Waals surface area contributed by atoms with Crippen LogP contribution in [-0.2, 0) is 9.59 Å². The van der Waals surface area contributed by atoms with E-state index in [1.807, 2.05) is 20.8 Å². The number of rotatable bonds is 6. The van der Waals surface area contributed by atoms with Crippen LogP contribution in [0.2, 0.25) is 0 Å². The first-order valence-electron chi connectivity index (χ1n) is 5.93. The van der Waals surface area contributed by atoms with Crippen LogP contribution < -0.4 is 5.73 Å². The molecule has 5 nitrogen and oxygen atoms in total. The van der Waals surface area contributed by atoms with Crippen LogP contribution in [0.3, 0.4) is 0 Å². The number of nitrogens with two attached hydrogens (primary N) is 1. The molecule has 0 fully saturated rings. The van der Waals surface area contributed by atoms with Crippen molar-refractivity contribution in [3.05, 3.63) is 0 Å². The summed E-state index contributed by atoms with van der Waals surface area (Å²) in [6, 6.07) is -0.690. The lowest BCUT2D eigenvalue weighted by molar-refractivity contribution is -0.141. The van der Waals surface area contributed by atoms with E-state index in [0.717, 1.165) is 12.8 Å². The van der Waals surface area contributed by atoms with E-state index in [1.54, 1.807) is 6.92 Å². The molecule has 102 valence electrons. The predicted molar refractivity (Wildman–Crippen MR) is 66.8 cm³/mol. The molecule has 0 heterocycles. The van der Waals surface area contributed by atoms with Gasteiger partial charge in [0.05, 0.1) is 5.92 Å². The van der Waals surface area contributed by atoms with Crippen LogP contribution in [0.1, 0.15) is 47.0 Å². The third kappa shape index (κ3) is 12.8. The number of hydrogen-bond acceptors (Lipinski definition) is 3. The normalized spacial score (nSPS) is 13.5. The van der Waals surface area contributed by atoms with E-state index >= 15 is 0 Å². The zero-order chi connectivity index (χ0) is 14.0. The summed E-state index contributed by atoms with van der Waals surface area (Å²) in [5.41, 5.74) is 5.22. The molecule has 0 spiro atoms. The molecule has 0 bridgehead atoms. The maximum absolute atomic E-state index is 10.1. The zero-order valence-corrected chi connectivity index (χ0v) is 11.1. The van der Waals surface area contributed by atoms with Gasteiger partial charge in [0, 0.05) is 0 Å². The molecular formula is C12H25NO4. The van der Waals surface area contributed by atoms with E-state index in [2.05, 4.69) is 0 Å². The Morgan fingerprint density at radius 1 is 1.12 bits per heavy atom. The fourth-order valence-electron chi connectivity index (χ4n) is 1.17. The first-order valence-corrected chi connectivity index (χ1v) is 5.93. The average Bonchev–Trinajstić information content (AvgIpc) is 2.17. The Morgan fingerprint density at radius 2 is 1.59 bits per heavy atom. The van der Waals surface area contributed by atoms with Gasteiger partial charge < -0.3 is 15.9 Å². The van der Waals surface area contributed by atoms with E-state index < -0.39 is 18.0 Å². The van der Waals surface area contributed by atoms with Gasteiger partial charge in [-0.25, -0.2) is 0 Å². The lowest BCUT2D eigenvalue weighted by atomic mass is 10.1. The fraction of sp³-hybridized carbons (Fsp3) is 0.833. The largest absolute Gasteiger partial charge is 0.481 e. The maximum Gasteiger partial charge on any atom is 0.320 e. The van der Waals surface area contributed by atoms with E-state index in [1.165, 1.54) is 0 Å². The highest BCUT2D eigenvalue weighted by molar-refractivity contribution is 5.73. The fourth-order valence-corrected chi connectivity index (χ4v) is 1.17. The minimum atomic E-state index is -0.913. The van der Waals surface area contributed by atoms with Crippen molar-refractivity contribution in [2.45, 2.75) is 53.0 Å². The molecule has 0 saturated carbocycles. The zero-order valence-electron chi connectivity index (χ0n) is 11.1. The van der Waals surface area contributed by atoms with Crippen LogP contribution in [0.5, 0.6) is 0 Å². The Bertz CT molecular complexity index is 229. The Kier molecular flexibility index (Phi) is 10.8. The number of hydrogen-bond donors (Lipinski definition) is 3. The summed E-state index contributed by atoms with van der Waals surface area (Å²) in [4.78, 5) is 20.2.